The SMILES string of the molecule is Cc1[nH]ncc1CNC(=O)C1(C#N)CC(C)C1. The maximum atomic E-state index is 12.0. The van der Waals surface area contributed by atoms with Crippen molar-refractivity contribution in [2.75, 3.05) is 0 Å². The zero-order chi connectivity index (χ0) is 12.5. The van der Waals surface area contributed by atoms with E-state index in [2.05, 4.69) is 28.5 Å². The van der Waals surface area contributed by atoms with Gasteiger partial charge in [-0.05, 0) is 25.7 Å². The van der Waals surface area contributed by atoms with Crippen molar-refractivity contribution in [1.82, 2.24) is 15.5 Å². The molecule has 1 heterocycles. The number of nitrogens with zero attached hydrogens (tertiary/aromatic N) is 2. The highest BCUT2D eigenvalue weighted by molar-refractivity contribution is 5.86. The van der Waals surface area contributed by atoms with E-state index >= 15 is 0 Å². The van der Waals surface area contributed by atoms with Crippen LogP contribution in [0.5, 0.6) is 0 Å². The number of nitriles is 1. The summed E-state index contributed by atoms with van der Waals surface area (Å²) in [5.41, 5.74) is 1.11. The third-order valence-electron chi connectivity index (χ3n) is 3.42. The summed E-state index contributed by atoms with van der Waals surface area (Å²) in [5.74, 6) is 0.315. The molecule has 1 aliphatic rings. The van der Waals surface area contributed by atoms with Crippen LogP contribution < -0.4 is 5.32 Å². The van der Waals surface area contributed by atoms with Gasteiger partial charge in [0.15, 0.2) is 0 Å². The van der Waals surface area contributed by atoms with E-state index in [9.17, 15) is 4.79 Å². The molecule has 1 aliphatic carbocycles. The highest BCUT2D eigenvalue weighted by Crippen LogP contribution is 2.45. The van der Waals surface area contributed by atoms with E-state index in [1.165, 1.54) is 0 Å². The molecule has 0 unspecified atom stereocenters. The number of aryl methyl sites for hydroxylation is 1. The predicted octanol–water partition coefficient (Wildman–Crippen LogP) is 1.27. The van der Waals surface area contributed by atoms with Crippen LogP contribution in [-0.2, 0) is 11.3 Å². The summed E-state index contributed by atoms with van der Waals surface area (Å²) in [5, 5.41) is 18.6. The standard InChI is InChI=1S/C12H16N4O/c1-8-3-12(4-8,7-13)11(17)14-5-10-6-15-16-9(10)2/h6,8H,3-5H2,1-2H3,(H,14,17)(H,15,16). The molecule has 2 N–H and O–H groups in total. The Hall–Kier alpha value is -1.83. The zero-order valence-corrected chi connectivity index (χ0v) is 10.1. The molecule has 0 aliphatic heterocycles. The lowest BCUT2D eigenvalue weighted by atomic mass is 9.63. The molecule has 5 nitrogen and oxygen atoms in total. The van der Waals surface area contributed by atoms with Gasteiger partial charge in [0, 0.05) is 17.8 Å². The van der Waals surface area contributed by atoms with Crippen molar-refractivity contribution in [1.29, 1.82) is 5.26 Å². The first kappa shape index (κ1) is 11.6. The van der Waals surface area contributed by atoms with Crippen molar-refractivity contribution >= 4 is 5.91 Å². The van der Waals surface area contributed by atoms with E-state index in [0.29, 0.717) is 25.3 Å². The second-order valence-corrected chi connectivity index (χ2v) is 4.91. The second-order valence-electron chi connectivity index (χ2n) is 4.91. The quantitative estimate of drug-likeness (QED) is 0.823. The summed E-state index contributed by atoms with van der Waals surface area (Å²) in [4.78, 5) is 12.0. The van der Waals surface area contributed by atoms with Gasteiger partial charge in [0.05, 0.1) is 12.3 Å². The fourth-order valence-corrected chi connectivity index (χ4v) is 2.36. The van der Waals surface area contributed by atoms with E-state index in [4.69, 9.17) is 5.26 Å². The Labute approximate surface area is 100 Å². The molecule has 0 spiro atoms. The maximum absolute atomic E-state index is 12.0. The molecular weight excluding hydrogens is 216 g/mol. The molecule has 1 aromatic rings. The van der Waals surface area contributed by atoms with Gasteiger partial charge in [-0.25, -0.2) is 0 Å². The lowest BCUT2D eigenvalue weighted by Crippen LogP contribution is -2.47. The van der Waals surface area contributed by atoms with Crippen LogP contribution in [0.1, 0.15) is 31.0 Å². The first-order valence-electron chi connectivity index (χ1n) is 5.76. The fraction of sp³-hybridized carbons (Fsp3) is 0.583. The average molecular weight is 232 g/mol. The van der Waals surface area contributed by atoms with Crippen molar-refractivity contribution in [2.45, 2.75) is 33.2 Å². The van der Waals surface area contributed by atoms with Gasteiger partial charge in [-0.15, -0.1) is 0 Å². The van der Waals surface area contributed by atoms with Gasteiger partial charge < -0.3 is 5.32 Å². The summed E-state index contributed by atoms with van der Waals surface area (Å²) in [6.07, 6.45) is 3.03. The number of hydrogen-bond acceptors (Lipinski definition) is 3. The topological polar surface area (TPSA) is 81.6 Å². The van der Waals surface area contributed by atoms with Gasteiger partial charge in [-0.2, -0.15) is 10.4 Å². The van der Waals surface area contributed by atoms with Crippen LogP contribution in [0.25, 0.3) is 0 Å². The molecule has 0 aromatic carbocycles. The molecule has 1 fully saturated rings. The Morgan fingerprint density at radius 2 is 2.47 bits per heavy atom. The lowest BCUT2D eigenvalue weighted by molar-refractivity contribution is -0.134. The minimum atomic E-state index is -0.795. The monoisotopic (exact) mass is 232 g/mol. The molecule has 2 rings (SSSR count). The van der Waals surface area contributed by atoms with Crippen molar-refractivity contribution in [3.8, 4) is 6.07 Å². The van der Waals surface area contributed by atoms with Gasteiger partial charge in [-0.1, -0.05) is 6.92 Å². The van der Waals surface area contributed by atoms with Crippen molar-refractivity contribution in [3.63, 3.8) is 0 Å². The Balaban J connectivity index is 1.94. The summed E-state index contributed by atoms with van der Waals surface area (Å²) in [7, 11) is 0. The third-order valence-corrected chi connectivity index (χ3v) is 3.42. The molecule has 1 amide bonds. The van der Waals surface area contributed by atoms with E-state index < -0.39 is 5.41 Å². The Morgan fingerprint density at radius 3 is 2.94 bits per heavy atom. The van der Waals surface area contributed by atoms with Crippen LogP contribution in [-0.4, -0.2) is 16.1 Å². The van der Waals surface area contributed by atoms with Crippen molar-refractivity contribution in [2.24, 2.45) is 11.3 Å². The molecule has 0 atom stereocenters. The number of carbonyl (C=O) groups excluding carboxylic acids is 1. The molecule has 0 bridgehead atoms. The average Bonchev–Trinajstić information content (AvgIpc) is 2.67. The highest BCUT2D eigenvalue weighted by Gasteiger charge is 2.48. The van der Waals surface area contributed by atoms with E-state index in [1.54, 1.807) is 6.20 Å². The summed E-state index contributed by atoms with van der Waals surface area (Å²) >= 11 is 0. The summed E-state index contributed by atoms with van der Waals surface area (Å²) in [6.45, 7) is 4.39. The predicted molar refractivity (Wildman–Crippen MR) is 61.6 cm³/mol. The number of carbonyl (C=O) groups is 1. The molecule has 17 heavy (non-hydrogen) atoms. The van der Waals surface area contributed by atoms with Crippen LogP contribution in [0.15, 0.2) is 6.20 Å². The number of amides is 1. The highest BCUT2D eigenvalue weighted by atomic mass is 16.2. The number of rotatable bonds is 3. The van der Waals surface area contributed by atoms with Gasteiger partial charge in [-0.3, -0.25) is 9.89 Å². The Kier molecular flexibility index (Phi) is 2.88. The number of H-pyrrole nitrogens is 1. The minimum Gasteiger partial charge on any atom is -0.351 e. The van der Waals surface area contributed by atoms with Crippen LogP contribution in [0.4, 0.5) is 0 Å². The van der Waals surface area contributed by atoms with Crippen molar-refractivity contribution in [3.05, 3.63) is 17.5 Å². The van der Waals surface area contributed by atoms with Crippen LogP contribution in [0.3, 0.4) is 0 Å². The number of hydrogen-bond donors (Lipinski definition) is 2. The lowest BCUT2D eigenvalue weighted by Gasteiger charge is -2.39. The number of aromatic nitrogens is 2. The second kappa shape index (κ2) is 4.21. The Morgan fingerprint density at radius 1 is 1.76 bits per heavy atom. The normalized spacial score (nSPS) is 27.0. The van der Waals surface area contributed by atoms with Crippen LogP contribution >= 0.6 is 0 Å². The zero-order valence-electron chi connectivity index (χ0n) is 10.1. The Bertz CT molecular complexity index is 465. The number of nitrogens with one attached hydrogen (secondary N) is 2. The molecule has 0 saturated heterocycles. The van der Waals surface area contributed by atoms with Crippen LogP contribution in [0, 0.1) is 29.6 Å². The molecule has 90 valence electrons. The van der Waals surface area contributed by atoms with Gasteiger partial charge >= 0.3 is 0 Å². The maximum Gasteiger partial charge on any atom is 0.240 e. The minimum absolute atomic E-state index is 0.154. The van der Waals surface area contributed by atoms with Crippen LogP contribution in [0.2, 0.25) is 0 Å². The largest absolute Gasteiger partial charge is 0.351 e. The first-order chi connectivity index (χ1) is 8.07. The van der Waals surface area contributed by atoms with E-state index in [-0.39, 0.29) is 5.91 Å². The number of aromatic amines is 1. The first-order valence-corrected chi connectivity index (χ1v) is 5.76. The molecule has 5 heteroatoms. The molecule has 0 radical (unpaired) electrons. The molecular formula is C12H16N4O. The molecule has 1 aromatic heterocycles. The smallest absolute Gasteiger partial charge is 0.240 e. The van der Waals surface area contributed by atoms with Gasteiger partial charge in [0.25, 0.3) is 0 Å². The molecule has 1 saturated carbocycles. The van der Waals surface area contributed by atoms with Gasteiger partial charge in [0.2, 0.25) is 5.91 Å². The van der Waals surface area contributed by atoms with E-state index in [0.717, 1.165) is 11.3 Å². The fourth-order valence-electron chi connectivity index (χ4n) is 2.36. The third kappa shape index (κ3) is 2.03. The summed E-state index contributed by atoms with van der Waals surface area (Å²) < 4.78 is 0. The van der Waals surface area contributed by atoms with Gasteiger partial charge in [0.1, 0.15) is 5.41 Å². The van der Waals surface area contributed by atoms with Crippen molar-refractivity contribution < 1.29 is 4.79 Å². The van der Waals surface area contributed by atoms with E-state index in [1.807, 2.05) is 6.92 Å². The summed E-state index contributed by atoms with van der Waals surface area (Å²) in [6, 6.07) is 2.15.